The van der Waals surface area contributed by atoms with E-state index in [1.807, 2.05) is 0 Å². The summed E-state index contributed by atoms with van der Waals surface area (Å²) in [5.41, 5.74) is 0. The molecule has 0 heterocycles. The Bertz CT molecular complexity index is 252. The highest BCUT2D eigenvalue weighted by Crippen LogP contribution is 2.38. The van der Waals surface area contributed by atoms with Crippen LogP contribution < -0.4 is 0 Å². The number of rotatable bonds is 6. The van der Waals surface area contributed by atoms with Crippen LogP contribution in [0.1, 0.15) is 40.0 Å². The van der Waals surface area contributed by atoms with Crippen molar-refractivity contribution < 1.29 is 19.4 Å². The minimum atomic E-state index is -0.327. The number of hydrogen-bond donors (Lipinski definition) is 1. The van der Waals surface area contributed by atoms with Crippen LogP contribution in [0.15, 0.2) is 0 Å². The van der Waals surface area contributed by atoms with Crippen molar-refractivity contribution in [2.75, 3.05) is 20.0 Å². The Hall–Kier alpha value is -0.610. The quantitative estimate of drug-likeness (QED) is 0.451. The van der Waals surface area contributed by atoms with Crippen LogP contribution in [0.5, 0.6) is 0 Å². The molecule has 0 unspecified atom stereocenters. The van der Waals surface area contributed by atoms with E-state index in [1.165, 1.54) is 6.42 Å². The standard InChI is InChI=1S/C14H26O4/c1-10(2)12-5-4-11(3)8-13(12)14(16)18-7-6-17-9-15/h10-13,15H,4-9H2,1-3H3/t11-,12+,13-/m1/s1. The van der Waals surface area contributed by atoms with Gasteiger partial charge in [-0.3, -0.25) is 4.79 Å². The van der Waals surface area contributed by atoms with Gasteiger partial charge in [-0.1, -0.05) is 27.2 Å². The lowest BCUT2D eigenvalue weighted by atomic mass is 9.70. The topological polar surface area (TPSA) is 55.8 Å². The maximum atomic E-state index is 12.1. The Morgan fingerprint density at radius 1 is 1.33 bits per heavy atom. The molecule has 106 valence electrons. The molecule has 3 atom stereocenters. The fraction of sp³-hybridized carbons (Fsp3) is 0.929. The molecule has 0 amide bonds. The summed E-state index contributed by atoms with van der Waals surface area (Å²) in [5.74, 6) is 1.49. The van der Waals surface area contributed by atoms with Gasteiger partial charge >= 0.3 is 5.97 Å². The number of hydrogen-bond acceptors (Lipinski definition) is 4. The zero-order chi connectivity index (χ0) is 13.5. The summed E-state index contributed by atoms with van der Waals surface area (Å²) in [7, 11) is 0. The molecule has 0 aromatic heterocycles. The highest BCUT2D eigenvalue weighted by atomic mass is 16.6. The smallest absolute Gasteiger partial charge is 0.309 e. The van der Waals surface area contributed by atoms with Gasteiger partial charge in [0.05, 0.1) is 12.5 Å². The summed E-state index contributed by atoms with van der Waals surface area (Å²) in [4.78, 5) is 12.1. The van der Waals surface area contributed by atoms with E-state index in [9.17, 15) is 4.79 Å². The molecule has 4 nitrogen and oxygen atoms in total. The molecule has 1 fully saturated rings. The fourth-order valence-electron chi connectivity index (χ4n) is 2.85. The normalized spacial score (nSPS) is 28.4. The number of aliphatic hydroxyl groups is 1. The Kier molecular flexibility index (Phi) is 6.65. The predicted molar refractivity (Wildman–Crippen MR) is 68.8 cm³/mol. The van der Waals surface area contributed by atoms with Gasteiger partial charge in [0.15, 0.2) is 0 Å². The zero-order valence-corrected chi connectivity index (χ0v) is 11.7. The van der Waals surface area contributed by atoms with Crippen LogP contribution in [0.3, 0.4) is 0 Å². The van der Waals surface area contributed by atoms with Crippen LogP contribution in [0.4, 0.5) is 0 Å². The molecule has 0 saturated heterocycles. The maximum absolute atomic E-state index is 12.1. The van der Waals surface area contributed by atoms with Crippen LogP contribution in [0.25, 0.3) is 0 Å². The molecule has 18 heavy (non-hydrogen) atoms. The van der Waals surface area contributed by atoms with Crippen molar-refractivity contribution in [1.82, 2.24) is 0 Å². The molecule has 1 saturated carbocycles. The number of carbonyl (C=O) groups is 1. The van der Waals surface area contributed by atoms with Crippen molar-refractivity contribution in [3.8, 4) is 0 Å². The van der Waals surface area contributed by atoms with Crippen molar-refractivity contribution in [3.05, 3.63) is 0 Å². The third kappa shape index (κ3) is 4.58. The van der Waals surface area contributed by atoms with E-state index in [0.717, 1.165) is 12.8 Å². The molecule has 1 aliphatic rings. The molecule has 0 bridgehead atoms. The van der Waals surface area contributed by atoms with Crippen molar-refractivity contribution in [2.45, 2.75) is 40.0 Å². The van der Waals surface area contributed by atoms with E-state index in [-0.39, 0.29) is 31.9 Å². The first-order chi connectivity index (χ1) is 8.56. The summed E-state index contributed by atoms with van der Waals surface area (Å²) in [6, 6.07) is 0. The second-order valence-electron chi connectivity index (χ2n) is 5.64. The maximum Gasteiger partial charge on any atom is 0.309 e. The van der Waals surface area contributed by atoms with Gasteiger partial charge in [-0.25, -0.2) is 0 Å². The molecule has 1 rings (SSSR count). The van der Waals surface area contributed by atoms with Gasteiger partial charge in [-0.15, -0.1) is 0 Å². The highest BCUT2D eigenvalue weighted by molar-refractivity contribution is 5.73. The van der Waals surface area contributed by atoms with E-state index in [1.54, 1.807) is 0 Å². The molecule has 0 aliphatic heterocycles. The molecule has 1 aliphatic carbocycles. The first-order valence-corrected chi connectivity index (χ1v) is 6.91. The molecule has 0 radical (unpaired) electrons. The summed E-state index contributed by atoms with van der Waals surface area (Å²) < 4.78 is 9.98. The Morgan fingerprint density at radius 2 is 2.06 bits per heavy atom. The van der Waals surface area contributed by atoms with Gasteiger partial charge in [-0.2, -0.15) is 0 Å². The second-order valence-corrected chi connectivity index (χ2v) is 5.64. The lowest BCUT2D eigenvalue weighted by molar-refractivity contribution is -0.156. The molecule has 0 spiro atoms. The third-order valence-corrected chi connectivity index (χ3v) is 3.89. The van der Waals surface area contributed by atoms with Crippen LogP contribution in [0.2, 0.25) is 0 Å². The molecule has 0 aromatic rings. The lowest BCUT2D eigenvalue weighted by Gasteiger charge is -2.35. The van der Waals surface area contributed by atoms with Crippen LogP contribution >= 0.6 is 0 Å². The van der Waals surface area contributed by atoms with Gasteiger partial charge in [-0.05, 0) is 30.6 Å². The van der Waals surface area contributed by atoms with E-state index in [2.05, 4.69) is 20.8 Å². The van der Waals surface area contributed by atoms with E-state index >= 15 is 0 Å². The first kappa shape index (κ1) is 15.4. The lowest BCUT2D eigenvalue weighted by Crippen LogP contribution is -2.34. The van der Waals surface area contributed by atoms with Gasteiger partial charge in [0, 0.05) is 0 Å². The van der Waals surface area contributed by atoms with Gasteiger partial charge in [0.2, 0.25) is 0 Å². The summed E-state index contributed by atoms with van der Waals surface area (Å²) in [6.45, 7) is 6.72. The fourth-order valence-corrected chi connectivity index (χ4v) is 2.85. The zero-order valence-electron chi connectivity index (χ0n) is 11.7. The van der Waals surface area contributed by atoms with E-state index < -0.39 is 0 Å². The first-order valence-electron chi connectivity index (χ1n) is 6.91. The molecule has 1 N–H and O–H groups in total. The molecular formula is C14H26O4. The van der Waals surface area contributed by atoms with Crippen molar-refractivity contribution in [1.29, 1.82) is 0 Å². The van der Waals surface area contributed by atoms with Gasteiger partial charge in [0.25, 0.3) is 0 Å². The predicted octanol–water partition coefficient (Wildman–Crippen LogP) is 2.20. The Balaban J connectivity index is 2.45. The molecular weight excluding hydrogens is 232 g/mol. The van der Waals surface area contributed by atoms with Crippen LogP contribution in [-0.4, -0.2) is 31.1 Å². The minimum Gasteiger partial charge on any atom is -0.463 e. The highest BCUT2D eigenvalue weighted by Gasteiger charge is 2.36. The van der Waals surface area contributed by atoms with Crippen LogP contribution in [0, 0.1) is 23.7 Å². The van der Waals surface area contributed by atoms with Crippen LogP contribution in [-0.2, 0) is 14.3 Å². The summed E-state index contributed by atoms with van der Waals surface area (Å²) in [5, 5.41) is 8.47. The second kappa shape index (κ2) is 7.74. The third-order valence-electron chi connectivity index (χ3n) is 3.89. The van der Waals surface area contributed by atoms with Gasteiger partial charge < -0.3 is 14.6 Å². The molecule has 4 heteroatoms. The summed E-state index contributed by atoms with van der Waals surface area (Å²) >= 11 is 0. The average molecular weight is 258 g/mol. The number of aliphatic hydroxyl groups excluding tert-OH is 1. The van der Waals surface area contributed by atoms with Gasteiger partial charge in [0.1, 0.15) is 13.4 Å². The Labute approximate surface area is 110 Å². The summed E-state index contributed by atoms with van der Waals surface area (Å²) in [6.07, 6.45) is 3.26. The largest absolute Gasteiger partial charge is 0.463 e. The average Bonchev–Trinajstić information content (AvgIpc) is 2.34. The number of carbonyl (C=O) groups excluding carboxylic acids is 1. The van der Waals surface area contributed by atoms with Crippen molar-refractivity contribution >= 4 is 5.97 Å². The molecule has 0 aromatic carbocycles. The number of esters is 1. The van der Waals surface area contributed by atoms with Crippen molar-refractivity contribution in [3.63, 3.8) is 0 Å². The van der Waals surface area contributed by atoms with E-state index in [4.69, 9.17) is 14.6 Å². The van der Waals surface area contributed by atoms with Crippen molar-refractivity contribution in [2.24, 2.45) is 23.7 Å². The monoisotopic (exact) mass is 258 g/mol. The number of ether oxygens (including phenoxy) is 2. The SMILES string of the molecule is CC(C)[C@@H]1CC[C@@H](C)C[C@H]1C(=O)OCCOCO. The van der Waals surface area contributed by atoms with E-state index in [0.29, 0.717) is 17.8 Å². The Morgan fingerprint density at radius 3 is 2.67 bits per heavy atom. The minimum absolute atomic E-state index is 0.0304.